The molecule has 36 heavy (non-hydrogen) atoms. The lowest BCUT2D eigenvalue weighted by atomic mass is 10.0. The number of guanidine groups is 1. The summed E-state index contributed by atoms with van der Waals surface area (Å²) in [5.74, 6) is -2.80. The van der Waals surface area contributed by atoms with Gasteiger partial charge in [0.25, 0.3) is 5.91 Å². The van der Waals surface area contributed by atoms with Crippen LogP contribution in [0.2, 0.25) is 5.02 Å². The van der Waals surface area contributed by atoms with Crippen molar-refractivity contribution in [1.29, 1.82) is 0 Å². The lowest BCUT2D eigenvalue weighted by Crippen LogP contribution is -2.41. The van der Waals surface area contributed by atoms with Gasteiger partial charge in [-0.2, -0.15) is 0 Å². The maximum atomic E-state index is 13.2. The van der Waals surface area contributed by atoms with Gasteiger partial charge in [-0.15, -0.1) is 0 Å². The number of aliphatic carboxylic acids is 1. The number of nitrogens with one attached hydrogen (secondary N) is 4. The molecule has 0 bridgehead atoms. The van der Waals surface area contributed by atoms with E-state index in [9.17, 15) is 34.1 Å². The number of carbonyl (C=O) groups excluding carboxylic acids is 2. The summed E-state index contributed by atoms with van der Waals surface area (Å²) in [7, 11) is 0. The highest BCUT2D eigenvalue weighted by atomic mass is 127. The fourth-order valence-electron chi connectivity index (χ4n) is 3.33. The highest BCUT2D eigenvalue weighted by molar-refractivity contribution is 14.1. The Bertz CT molecular complexity index is 1210. The van der Waals surface area contributed by atoms with Gasteiger partial charge in [0.15, 0.2) is 5.96 Å². The van der Waals surface area contributed by atoms with Crippen LogP contribution in [-0.4, -0.2) is 64.9 Å². The van der Waals surface area contributed by atoms with Crippen molar-refractivity contribution in [3.05, 3.63) is 50.1 Å². The number of nitrogens with zero attached hydrogens (tertiary/aromatic N) is 1. The monoisotopic (exact) mass is 633 g/mol. The van der Waals surface area contributed by atoms with E-state index < -0.39 is 43.0 Å². The van der Waals surface area contributed by atoms with Crippen LogP contribution in [0.3, 0.4) is 0 Å². The summed E-state index contributed by atoms with van der Waals surface area (Å²) in [5.41, 5.74) is 0.450. The summed E-state index contributed by atoms with van der Waals surface area (Å²) in [6.45, 7) is -0.467. The molecule has 0 fully saturated rings. The SMILES string of the molecule is O=C(O)CC(NC(=O)CNC(=O)c1cc(O)cc(NC2=NCC(F)CN2)c1)c1cc(Cl)cc(I)c1O. The topological polar surface area (TPSA) is 172 Å². The minimum absolute atomic E-state index is 0.0222. The number of halogens is 3. The van der Waals surface area contributed by atoms with Crippen molar-refractivity contribution in [3.8, 4) is 11.5 Å². The summed E-state index contributed by atoms with van der Waals surface area (Å²) < 4.78 is 13.6. The Balaban J connectivity index is 1.66. The van der Waals surface area contributed by atoms with Gasteiger partial charge in [0.05, 0.1) is 35.7 Å². The zero-order valence-corrected chi connectivity index (χ0v) is 21.4. The van der Waals surface area contributed by atoms with Gasteiger partial charge in [-0.05, 0) is 46.9 Å². The van der Waals surface area contributed by atoms with Crippen molar-refractivity contribution in [2.75, 3.05) is 25.0 Å². The summed E-state index contributed by atoms with van der Waals surface area (Å²) in [4.78, 5) is 40.4. The predicted octanol–water partition coefficient (Wildman–Crippen LogP) is 2.13. The molecule has 0 aliphatic carbocycles. The molecule has 0 saturated carbocycles. The number of carboxylic acid groups (broad SMARTS) is 1. The van der Waals surface area contributed by atoms with Crippen LogP contribution in [0.25, 0.3) is 0 Å². The van der Waals surface area contributed by atoms with Crippen molar-refractivity contribution in [2.24, 2.45) is 4.99 Å². The normalized spacial score (nSPS) is 15.8. The van der Waals surface area contributed by atoms with Crippen LogP contribution in [-0.2, 0) is 9.59 Å². The number of alkyl halides is 1. The van der Waals surface area contributed by atoms with E-state index in [1.54, 1.807) is 0 Å². The van der Waals surface area contributed by atoms with Crippen LogP contribution in [0.1, 0.15) is 28.4 Å². The number of hydrogen-bond donors (Lipinski definition) is 7. The first-order valence-corrected chi connectivity index (χ1v) is 12.0. The Kier molecular flexibility index (Phi) is 9.14. The molecule has 1 heterocycles. The number of carbonyl (C=O) groups is 3. The van der Waals surface area contributed by atoms with E-state index >= 15 is 0 Å². The summed E-state index contributed by atoms with van der Waals surface area (Å²) in [6, 6.07) is 5.65. The Hall–Kier alpha value is -3.33. The number of carboxylic acids is 1. The van der Waals surface area contributed by atoms with Crippen LogP contribution in [0.5, 0.6) is 11.5 Å². The summed E-state index contributed by atoms with van der Waals surface area (Å²) in [6.07, 6.45) is -1.64. The van der Waals surface area contributed by atoms with E-state index in [2.05, 4.69) is 26.3 Å². The maximum absolute atomic E-state index is 13.2. The lowest BCUT2D eigenvalue weighted by molar-refractivity contribution is -0.137. The van der Waals surface area contributed by atoms with Crippen LogP contribution in [0.4, 0.5) is 10.1 Å². The molecule has 0 saturated heterocycles. The summed E-state index contributed by atoms with van der Waals surface area (Å²) >= 11 is 7.84. The number of aliphatic imine (C=N–C) groups is 1. The van der Waals surface area contributed by atoms with Crippen molar-refractivity contribution in [1.82, 2.24) is 16.0 Å². The fourth-order valence-corrected chi connectivity index (χ4v) is 4.38. The van der Waals surface area contributed by atoms with Gasteiger partial charge in [-0.25, -0.2) is 9.38 Å². The van der Waals surface area contributed by atoms with Crippen molar-refractivity contribution in [3.63, 3.8) is 0 Å². The first-order valence-electron chi connectivity index (χ1n) is 10.5. The van der Waals surface area contributed by atoms with E-state index in [1.807, 2.05) is 22.6 Å². The molecule has 14 heteroatoms. The number of aromatic hydroxyl groups is 2. The second-order valence-electron chi connectivity index (χ2n) is 7.79. The third kappa shape index (κ3) is 7.58. The lowest BCUT2D eigenvalue weighted by Gasteiger charge is -2.20. The van der Waals surface area contributed by atoms with Crippen molar-refractivity contribution in [2.45, 2.75) is 18.6 Å². The molecular weight excluding hydrogens is 612 g/mol. The van der Waals surface area contributed by atoms with Crippen molar-refractivity contribution >= 4 is 63.6 Å². The summed E-state index contributed by atoms with van der Waals surface area (Å²) in [5, 5.41) is 40.2. The minimum Gasteiger partial charge on any atom is -0.508 e. The predicted molar refractivity (Wildman–Crippen MR) is 138 cm³/mol. The van der Waals surface area contributed by atoms with E-state index in [0.29, 0.717) is 9.26 Å². The fraction of sp³-hybridized carbons (Fsp3) is 0.273. The molecule has 0 aromatic heterocycles. The number of phenols is 2. The zero-order chi connectivity index (χ0) is 26.4. The first-order chi connectivity index (χ1) is 17.0. The molecule has 2 unspecified atom stereocenters. The van der Waals surface area contributed by atoms with Crippen LogP contribution in [0, 0.1) is 3.57 Å². The van der Waals surface area contributed by atoms with Gasteiger partial charge < -0.3 is 36.6 Å². The average Bonchev–Trinajstić information content (AvgIpc) is 2.80. The molecule has 7 N–H and O–H groups in total. The molecular formula is C22H22ClFIN5O6. The number of anilines is 1. The van der Waals surface area contributed by atoms with E-state index in [0.717, 1.165) is 0 Å². The molecule has 1 aliphatic rings. The molecule has 1 aliphatic heterocycles. The molecule has 0 radical (unpaired) electrons. The molecule has 192 valence electrons. The van der Waals surface area contributed by atoms with Gasteiger partial charge in [-0.1, -0.05) is 11.6 Å². The smallest absolute Gasteiger partial charge is 0.305 e. The standard InChI is InChI=1S/C22H22ClFIN5O6/c23-11-3-15(20(35)16(25)4-11)17(6-19(33)34)30-18(32)9-26-21(36)10-1-13(5-14(31)2-10)29-22-27-7-12(24)8-28-22/h1-5,12,17,31,35H,6-9H2,(H,26,36)(H,30,32)(H,33,34)(H2,27,28,29). The largest absolute Gasteiger partial charge is 0.508 e. The van der Waals surface area contributed by atoms with E-state index in [-0.39, 0.29) is 46.7 Å². The van der Waals surface area contributed by atoms with E-state index in [4.69, 9.17) is 11.6 Å². The van der Waals surface area contributed by atoms with E-state index in [1.165, 1.54) is 30.3 Å². The average molecular weight is 634 g/mol. The molecule has 0 spiro atoms. The third-order valence-electron chi connectivity index (χ3n) is 4.94. The quantitative estimate of drug-likeness (QED) is 0.217. The van der Waals surface area contributed by atoms with Gasteiger partial charge >= 0.3 is 5.97 Å². The molecule has 2 atom stereocenters. The third-order valence-corrected chi connectivity index (χ3v) is 5.98. The van der Waals surface area contributed by atoms with Gasteiger partial charge in [0, 0.05) is 27.9 Å². The van der Waals surface area contributed by atoms with Crippen molar-refractivity contribution < 1.29 is 34.1 Å². The van der Waals surface area contributed by atoms with Gasteiger partial charge in [0.1, 0.15) is 17.7 Å². The molecule has 3 rings (SSSR count). The number of amides is 2. The number of benzene rings is 2. The number of phenolic OH excluding ortho intramolecular Hbond substituents is 2. The number of hydrogen-bond acceptors (Lipinski definition) is 8. The molecule has 2 aromatic carbocycles. The van der Waals surface area contributed by atoms with Crippen LogP contribution < -0.4 is 21.3 Å². The zero-order valence-electron chi connectivity index (χ0n) is 18.5. The number of rotatable bonds is 8. The van der Waals surface area contributed by atoms with Gasteiger partial charge in [0.2, 0.25) is 5.91 Å². The maximum Gasteiger partial charge on any atom is 0.305 e. The minimum atomic E-state index is -1.22. The van der Waals surface area contributed by atoms with Crippen LogP contribution >= 0.6 is 34.2 Å². The highest BCUT2D eigenvalue weighted by Gasteiger charge is 2.23. The van der Waals surface area contributed by atoms with Gasteiger partial charge in [-0.3, -0.25) is 14.4 Å². The second-order valence-corrected chi connectivity index (χ2v) is 9.39. The molecule has 2 aromatic rings. The first kappa shape index (κ1) is 27.3. The second kappa shape index (κ2) is 12.1. The van der Waals surface area contributed by atoms with Crippen LogP contribution in [0.15, 0.2) is 35.3 Å². The molecule has 2 amide bonds. The Morgan fingerprint density at radius 2 is 1.97 bits per heavy atom. The Morgan fingerprint density at radius 1 is 1.22 bits per heavy atom. The Morgan fingerprint density at radius 3 is 2.64 bits per heavy atom. The Labute approximate surface area is 223 Å². The highest BCUT2D eigenvalue weighted by Crippen LogP contribution is 2.34. The molecule has 11 nitrogen and oxygen atoms in total.